The fourth-order valence-electron chi connectivity index (χ4n) is 3.61. The maximum atomic E-state index is 13.0. The smallest absolute Gasteiger partial charge is 0.303 e. The molecule has 0 aromatic heterocycles. The molecule has 2 fully saturated rings. The van der Waals surface area contributed by atoms with Gasteiger partial charge in [-0.25, -0.2) is 4.39 Å². The standard InChI is InChI=1S/C18H22FNO3/c19-14-6-4-13(5-7-14)15-10-16(15)18(23)20-9-1-2-12(11-20)3-8-17(21)22/h4-7,12,15-16H,1-3,8-11H2,(H,21,22)/t12-,15+,16+/m0/s1. The van der Waals surface area contributed by atoms with E-state index < -0.39 is 5.97 Å². The third-order valence-electron chi connectivity index (χ3n) is 5.00. The van der Waals surface area contributed by atoms with Gasteiger partial charge in [-0.15, -0.1) is 0 Å². The zero-order valence-electron chi connectivity index (χ0n) is 13.1. The molecule has 0 bridgehead atoms. The molecule has 1 saturated carbocycles. The van der Waals surface area contributed by atoms with Gasteiger partial charge < -0.3 is 10.0 Å². The molecule has 3 rings (SSSR count). The predicted octanol–water partition coefficient (Wildman–Crippen LogP) is 3.03. The highest BCUT2D eigenvalue weighted by Crippen LogP contribution is 2.48. The lowest BCUT2D eigenvalue weighted by molar-refractivity contribution is -0.137. The summed E-state index contributed by atoms with van der Waals surface area (Å²) in [4.78, 5) is 25.2. The largest absolute Gasteiger partial charge is 0.481 e. The van der Waals surface area contributed by atoms with E-state index >= 15 is 0 Å². The van der Waals surface area contributed by atoms with E-state index in [0.29, 0.717) is 18.9 Å². The number of carbonyl (C=O) groups is 2. The van der Waals surface area contributed by atoms with E-state index in [2.05, 4.69) is 0 Å². The summed E-state index contributed by atoms with van der Waals surface area (Å²) in [7, 11) is 0. The van der Waals surface area contributed by atoms with Gasteiger partial charge in [0.15, 0.2) is 0 Å². The average molecular weight is 319 g/mol. The number of halogens is 1. The van der Waals surface area contributed by atoms with Crippen LogP contribution >= 0.6 is 0 Å². The Morgan fingerprint density at radius 2 is 2.00 bits per heavy atom. The third-order valence-corrected chi connectivity index (χ3v) is 5.00. The van der Waals surface area contributed by atoms with Gasteiger partial charge in [-0.05, 0) is 55.2 Å². The molecule has 1 N–H and O–H groups in total. The van der Waals surface area contributed by atoms with Gasteiger partial charge in [-0.2, -0.15) is 0 Å². The van der Waals surface area contributed by atoms with Crippen molar-refractivity contribution in [1.29, 1.82) is 0 Å². The summed E-state index contributed by atoms with van der Waals surface area (Å²) in [5.41, 5.74) is 1.03. The number of carboxylic acid groups (broad SMARTS) is 1. The quantitative estimate of drug-likeness (QED) is 0.907. The Balaban J connectivity index is 1.54. The van der Waals surface area contributed by atoms with Crippen molar-refractivity contribution in [1.82, 2.24) is 4.90 Å². The van der Waals surface area contributed by atoms with Crippen LogP contribution in [-0.4, -0.2) is 35.0 Å². The Labute approximate surface area is 135 Å². The summed E-state index contributed by atoms with van der Waals surface area (Å²) < 4.78 is 13.0. The van der Waals surface area contributed by atoms with Crippen LogP contribution in [0.4, 0.5) is 4.39 Å². The van der Waals surface area contributed by atoms with Crippen molar-refractivity contribution in [3.05, 3.63) is 35.6 Å². The molecule has 3 atom stereocenters. The number of benzene rings is 1. The van der Waals surface area contributed by atoms with Crippen molar-refractivity contribution in [2.24, 2.45) is 11.8 Å². The van der Waals surface area contributed by atoms with Crippen molar-refractivity contribution >= 4 is 11.9 Å². The molecule has 23 heavy (non-hydrogen) atoms. The van der Waals surface area contributed by atoms with Crippen LogP contribution in [0, 0.1) is 17.7 Å². The van der Waals surface area contributed by atoms with Crippen molar-refractivity contribution in [2.45, 2.75) is 38.0 Å². The zero-order chi connectivity index (χ0) is 16.4. The van der Waals surface area contributed by atoms with Crippen LogP contribution in [0.5, 0.6) is 0 Å². The number of nitrogens with zero attached hydrogens (tertiary/aromatic N) is 1. The molecule has 1 aromatic carbocycles. The second kappa shape index (κ2) is 6.69. The Hall–Kier alpha value is -1.91. The van der Waals surface area contributed by atoms with E-state index in [0.717, 1.165) is 31.4 Å². The number of likely N-dealkylation sites (tertiary alicyclic amines) is 1. The molecule has 1 saturated heterocycles. The van der Waals surface area contributed by atoms with E-state index in [1.807, 2.05) is 4.90 Å². The summed E-state index contributed by atoms with van der Waals surface area (Å²) >= 11 is 0. The molecule has 1 aliphatic heterocycles. The lowest BCUT2D eigenvalue weighted by Crippen LogP contribution is -2.41. The molecule has 1 heterocycles. The van der Waals surface area contributed by atoms with Crippen LogP contribution in [0.3, 0.4) is 0 Å². The highest BCUT2D eigenvalue weighted by atomic mass is 19.1. The topological polar surface area (TPSA) is 57.6 Å². The molecule has 0 radical (unpaired) electrons. The van der Waals surface area contributed by atoms with E-state index in [1.54, 1.807) is 12.1 Å². The number of carboxylic acids is 1. The summed E-state index contributed by atoms with van der Waals surface area (Å²) in [5, 5.41) is 8.79. The number of amides is 1. The highest BCUT2D eigenvalue weighted by Gasteiger charge is 2.46. The Morgan fingerprint density at radius 1 is 1.26 bits per heavy atom. The van der Waals surface area contributed by atoms with Crippen LogP contribution < -0.4 is 0 Å². The van der Waals surface area contributed by atoms with Gasteiger partial charge in [-0.3, -0.25) is 9.59 Å². The first-order valence-corrected chi connectivity index (χ1v) is 8.30. The van der Waals surface area contributed by atoms with Gasteiger partial charge in [0.05, 0.1) is 0 Å². The number of aliphatic carboxylic acids is 1. The first-order chi connectivity index (χ1) is 11.0. The first-order valence-electron chi connectivity index (χ1n) is 8.30. The SMILES string of the molecule is O=C(O)CC[C@@H]1CCCN(C(=O)[C@@H]2C[C@@H]2c2ccc(F)cc2)C1. The van der Waals surface area contributed by atoms with Gasteiger partial charge >= 0.3 is 5.97 Å². The highest BCUT2D eigenvalue weighted by molar-refractivity contribution is 5.83. The first kappa shape index (κ1) is 16.0. The van der Waals surface area contributed by atoms with Crippen LogP contribution in [0.15, 0.2) is 24.3 Å². The number of hydrogen-bond donors (Lipinski definition) is 1. The fourth-order valence-corrected chi connectivity index (χ4v) is 3.61. The molecule has 4 nitrogen and oxygen atoms in total. The Kier molecular flexibility index (Phi) is 4.64. The molecule has 5 heteroatoms. The molecular weight excluding hydrogens is 297 g/mol. The minimum Gasteiger partial charge on any atom is -0.481 e. The molecule has 124 valence electrons. The van der Waals surface area contributed by atoms with E-state index in [-0.39, 0.29) is 30.0 Å². The normalized spacial score (nSPS) is 26.8. The Bertz CT molecular complexity index is 586. The molecule has 0 unspecified atom stereocenters. The number of carbonyl (C=O) groups excluding carboxylic acids is 1. The maximum Gasteiger partial charge on any atom is 0.303 e. The van der Waals surface area contributed by atoms with Crippen molar-refractivity contribution in [2.75, 3.05) is 13.1 Å². The second-order valence-corrected chi connectivity index (χ2v) is 6.73. The lowest BCUT2D eigenvalue weighted by atomic mass is 9.93. The molecule has 1 amide bonds. The number of rotatable bonds is 5. The zero-order valence-corrected chi connectivity index (χ0v) is 13.1. The molecular formula is C18H22FNO3. The van der Waals surface area contributed by atoms with E-state index in [9.17, 15) is 14.0 Å². The van der Waals surface area contributed by atoms with Crippen LogP contribution in [-0.2, 0) is 9.59 Å². The van der Waals surface area contributed by atoms with Crippen LogP contribution in [0.1, 0.15) is 43.6 Å². The second-order valence-electron chi connectivity index (χ2n) is 6.73. The minimum atomic E-state index is -0.771. The minimum absolute atomic E-state index is 0.0127. The fraction of sp³-hybridized carbons (Fsp3) is 0.556. The summed E-state index contributed by atoms with van der Waals surface area (Å²) in [5.74, 6) is -0.325. The Morgan fingerprint density at radius 3 is 2.70 bits per heavy atom. The third kappa shape index (κ3) is 3.89. The van der Waals surface area contributed by atoms with Crippen molar-refractivity contribution < 1.29 is 19.1 Å². The molecule has 1 aliphatic carbocycles. The monoisotopic (exact) mass is 319 g/mol. The number of piperidine rings is 1. The average Bonchev–Trinajstić information content (AvgIpc) is 3.34. The van der Waals surface area contributed by atoms with Crippen molar-refractivity contribution in [3.63, 3.8) is 0 Å². The summed E-state index contributed by atoms with van der Waals surface area (Å²) in [6, 6.07) is 6.41. The summed E-state index contributed by atoms with van der Waals surface area (Å²) in [6.07, 6.45) is 3.60. The van der Waals surface area contributed by atoms with E-state index in [1.165, 1.54) is 12.1 Å². The van der Waals surface area contributed by atoms with Crippen LogP contribution in [0.2, 0.25) is 0 Å². The van der Waals surface area contributed by atoms with Gasteiger partial charge in [0.2, 0.25) is 5.91 Å². The molecule has 0 spiro atoms. The van der Waals surface area contributed by atoms with Gasteiger partial charge in [-0.1, -0.05) is 12.1 Å². The maximum absolute atomic E-state index is 13.0. The van der Waals surface area contributed by atoms with Gasteiger partial charge in [0.25, 0.3) is 0 Å². The van der Waals surface area contributed by atoms with Crippen molar-refractivity contribution in [3.8, 4) is 0 Å². The van der Waals surface area contributed by atoms with Gasteiger partial charge in [0, 0.05) is 25.4 Å². The summed E-state index contributed by atoms with van der Waals surface area (Å²) in [6.45, 7) is 1.45. The molecule has 2 aliphatic rings. The lowest BCUT2D eigenvalue weighted by Gasteiger charge is -2.33. The van der Waals surface area contributed by atoms with E-state index in [4.69, 9.17) is 5.11 Å². The van der Waals surface area contributed by atoms with Gasteiger partial charge in [0.1, 0.15) is 5.82 Å². The predicted molar refractivity (Wildman–Crippen MR) is 83.4 cm³/mol. The molecule has 1 aromatic rings. The van der Waals surface area contributed by atoms with Crippen LogP contribution in [0.25, 0.3) is 0 Å². The number of hydrogen-bond acceptors (Lipinski definition) is 2.